The number of urea groups is 1. The van der Waals surface area contributed by atoms with Gasteiger partial charge >= 0.3 is 6.03 Å². The molecule has 1 aromatic carbocycles. The van der Waals surface area contributed by atoms with Gasteiger partial charge in [-0.2, -0.15) is 0 Å². The van der Waals surface area contributed by atoms with Gasteiger partial charge in [0.2, 0.25) is 17.6 Å². The summed E-state index contributed by atoms with van der Waals surface area (Å²) in [6.07, 6.45) is 6.45. The van der Waals surface area contributed by atoms with E-state index < -0.39 is 57.6 Å². The van der Waals surface area contributed by atoms with Crippen LogP contribution in [0, 0.1) is 35.0 Å². The Morgan fingerprint density at radius 3 is 2.17 bits per heavy atom. The average molecular weight is 686 g/mol. The van der Waals surface area contributed by atoms with E-state index in [0.29, 0.717) is 13.0 Å². The highest BCUT2D eigenvalue weighted by molar-refractivity contribution is 7.91. The first-order chi connectivity index (χ1) is 22.6. The van der Waals surface area contributed by atoms with Gasteiger partial charge in [0.15, 0.2) is 9.84 Å². The van der Waals surface area contributed by atoms with Crippen LogP contribution in [0.5, 0.6) is 0 Å². The Morgan fingerprint density at radius 1 is 0.938 bits per heavy atom. The second kappa shape index (κ2) is 14.2. The molecule has 5 rings (SSSR count). The van der Waals surface area contributed by atoms with E-state index in [9.17, 15) is 32.4 Å². The Labute approximate surface area is 283 Å². The number of amides is 5. The number of hydrogen-bond acceptors (Lipinski definition) is 7. The molecule has 13 heteroatoms. The lowest BCUT2D eigenvalue weighted by Crippen LogP contribution is -2.61. The molecule has 48 heavy (non-hydrogen) atoms. The molecule has 1 heterocycles. The number of Topliss-reactive ketones (excluding diaryl/α,β-unsaturated/α-hetero) is 1. The van der Waals surface area contributed by atoms with Gasteiger partial charge in [0.25, 0.3) is 5.91 Å². The van der Waals surface area contributed by atoms with Gasteiger partial charge in [-0.1, -0.05) is 78.0 Å². The maximum atomic E-state index is 14.5. The first-order valence-electron chi connectivity index (χ1n) is 17.4. The van der Waals surface area contributed by atoms with Crippen LogP contribution in [0.2, 0.25) is 0 Å². The highest BCUT2D eigenvalue weighted by Crippen LogP contribution is 2.65. The van der Waals surface area contributed by atoms with Crippen molar-refractivity contribution in [3.63, 3.8) is 0 Å². The Morgan fingerprint density at radius 2 is 1.58 bits per heavy atom. The number of carbonyl (C=O) groups is 5. The SMILES string of the molecule is CC(C)[C@@H](CS(=O)(=O)c1ccccc1)NC(=O)N[C@H](C(=O)N1CC2[C@@H]([C@H]1C(=O)NC(CC1CC1)C(=O)C(N)=O)C2(C)C)C1CCCCC1. The fourth-order valence-electron chi connectivity index (χ4n) is 7.90. The van der Waals surface area contributed by atoms with Gasteiger partial charge < -0.3 is 26.6 Å². The number of nitrogens with one attached hydrogen (secondary N) is 3. The Hall–Kier alpha value is -3.48. The Bertz CT molecular complexity index is 1500. The zero-order chi connectivity index (χ0) is 35.0. The molecule has 5 N–H and O–H groups in total. The molecule has 4 aliphatic rings. The van der Waals surface area contributed by atoms with Gasteiger partial charge in [-0.05, 0) is 66.4 Å². The van der Waals surface area contributed by atoms with Gasteiger partial charge in [0.05, 0.1) is 16.7 Å². The van der Waals surface area contributed by atoms with Crippen LogP contribution in [0.3, 0.4) is 0 Å². The quantitative estimate of drug-likeness (QED) is 0.217. The van der Waals surface area contributed by atoms with Crippen LogP contribution in [0.1, 0.15) is 79.1 Å². The molecule has 3 saturated carbocycles. The highest BCUT2D eigenvalue weighted by Gasteiger charge is 2.69. The van der Waals surface area contributed by atoms with Crippen LogP contribution >= 0.6 is 0 Å². The van der Waals surface area contributed by atoms with Gasteiger partial charge in [0, 0.05) is 12.6 Å². The number of sulfone groups is 1. The smallest absolute Gasteiger partial charge is 0.315 e. The van der Waals surface area contributed by atoms with Gasteiger partial charge in [-0.25, -0.2) is 13.2 Å². The highest BCUT2D eigenvalue weighted by atomic mass is 32.2. The number of nitrogens with zero attached hydrogens (tertiary/aromatic N) is 1. The second-order valence-corrected chi connectivity index (χ2v) is 17.3. The summed E-state index contributed by atoms with van der Waals surface area (Å²) in [5, 5.41) is 8.53. The van der Waals surface area contributed by atoms with Gasteiger partial charge in [-0.15, -0.1) is 0 Å². The van der Waals surface area contributed by atoms with E-state index >= 15 is 0 Å². The van der Waals surface area contributed by atoms with Gasteiger partial charge in [-0.3, -0.25) is 19.2 Å². The summed E-state index contributed by atoms with van der Waals surface area (Å²) in [6.45, 7) is 8.11. The molecule has 4 fully saturated rings. The molecule has 0 radical (unpaired) electrons. The van der Waals surface area contributed by atoms with E-state index in [4.69, 9.17) is 5.73 Å². The average Bonchev–Trinajstić information content (AvgIpc) is 3.90. The lowest BCUT2D eigenvalue weighted by Gasteiger charge is -2.37. The summed E-state index contributed by atoms with van der Waals surface area (Å²) in [6, 6.07) is 3.90. The number of likely N-dealkylation sites (tertiary alicyclic amines) is 1. The summed E-state index contributed by atoms with van der Waals surface area (Å²) < 4.78 is 26.3. The van der Waals surface area contributed by atoms with Crippen molar-refractivity contribution in [2.75, 3.05) is 12.3 Å². The first-order valence-corrected chi connectivity index (χ1v) is 19.1. The van der Waals surface area contributed by atoms with Crippen LogP contribution in [0.15, 0.2) is 35.2 Å². The van der Waals surface area contributed by atoms with Crippen molar-refractivity contribution in [2.45, 2.75) is 108 Å². The van der Waals surface area contributed by atoms with Crippen LogP contribution in [-0.4, -0.2) is 79.3 Å². The van der Waals surface area contributed by atoms with Gasteiger partial charge in [0.1, 0.15) is 12.1 Å². The van der Waals surface area contributed by atoms with Crippen molar-refractivity contribution < 1.29 is 32.4 Å². The number of rotatable bonds is 14. The minimum absolute atomic E-state index is 0.0697. The predicted octanol–water partition coefficient (Wildman–Crippen LogP) is 2.56. The predicted molar refractivity (Wildman–Crippen MR) is 179 cm³/mol. The van der Waals surface area contributed by atoms with Crippen molar-refractivity contribution in [2.24, 2.45) is 40.7 Å². The van der Waals surface area contributed by atoms with E-state index in [0.717, 1.165) is 44.9 Å². The number of fused-ring (bicyclic) bond motifs is 1. The summed E-state index contributed by atoms with van der Waals surface area (Å²) in [4.78, 5) is 68.2. The van der Waals surface area contributed by atoms with E-state index in [1.165, 1.54) is 12.1 Å². The fraction of sp³-hybridized carbons (Fsp3) is 0.686. The van der Waals surface area contributed by atoms with E-state index in [2.05, 4.69) is 29.8 Å². The van der Waals surface area contributed by atoms with Crippen molar-refractivity contribution in [3.8, 4) is 0 Å². The number of benzene rings is 1. The number of nitrogens with two attached hydrogens (primary N) is 1. The summed E-state index contributed by atoms with van der Waals surface area (Å²) in [5.74, 6) is -3.30. The molecule has 6 atom stereocenters. The second-order valence-electron chi connectivity index (χ2n) is 15.3. The molecule has 1 saturated heterocycles. The summed E-state index contributed by atoms with van der Waals surface area (Å²) in [7, 11) is -3.70. The van der Waals surface area contributed by atoms with Crippen LogP contribution < -0.4 is 21.7 Å². The Balaban J connectivity index is 1.34. The molecular weight excluding hydrogens is 634 g/mol. The summed E-state index contributed by atoms with van der Waals surface area (Å²) >= 11 is 0. The first kappa shape index (κ1) is 35.8. The number of piperidine rings is 1. The maximum Gasteiger partial charge on any atom is 0.315 e. The molecular formula is C35H51N5O7S. The molecule has 0 bridgehead atoms. The summed E-state index contributed by atoms with van der Waals surface area (Å²) in [5.41, 5.74) is 5.12. The molecule has 264 valence electrons. The number of primary amides is 1. The molecule has 0 spiro atoms. The van der Waals surface area contributed by atoms with Crippen molar-refractivity contribution in [1.29, 1.82) is 0 Å². The topological polar surface area (TPSA) is 185 Å². The Kier molecular flexibility index (Phi) is 10.6. The largest absolute Gasteiger partial charge is 0.363 e. The third-order valence-electron chi connectivity index (χ3n) is 11.2. The lowest BCUT2D eigenvalue weighted by molar-refractivity contribution is -0.144. The van der Waals surface area contributed by atoms with E-state index in [1.807, 2.05) is 13.8 Å². The standard InChI is InChI=1S/C35H51N5O7S/c1-20(2)26(19-48(46,47)23-13-9-6-10-14-23)38-34(45)39-28(22-11-7-5-8-12-22)33(44)40-18-24-27(35(24,3)4)29(40)32(43)37-25(17-21-15-16-21)30(41)31(36)42/h6,9-10,13-14,20-22,24-29H,5,7-8,11-12,15-19H2,1-4H3,(H2,36,42)(H,37,43)(H2,38,39,45)/t24?,25?,26-,27+,28+,29+/m1/s1. The maximum absolute atomic E-state index is 14.5. The molecule has 12 nitrogen and oxygen atoms in total. The normalized spacial score (nSPS) is 25.4. The lowest BCUT2D eigenvalue weighted by atomic mass is 9.83. The van der Waals surface area contributed by atoms with E-state index in [1.54, 1.807) is 23.1 Å². The number of ketones is 1. The zero-order valence-corrected chi connectivity index (χ0v) is 29.3. The monoisotopic (exact) mass is 685 g/mol. The van der Waals surface area contributed by atoms with Crippen molar-refractivity contribution in [3.05, 3.63) is 30.3 Å². The van der Waals surface area contributed by atoms with Crippen LogP contribution in [0.4, 0.5) is 4.79 Å². The molecule has 3 aliphatic carbocycles. The molecule has 0 aromatic heterocycles. The number of carbonyl (C=O) groups excluding carboxylic acids is 5. The minimum Gasteiger partial charge on any atom is -0.363 e. The molecule has 1 aromatic rings. The van der Waals surface area contributed by atoms with E-state index in [-0.39, 0.29) is 51.6 Å². The fourth-order valence-corrected chi connectivity index (χ4v) is 9.61. The molecule has 5 amide bonds. The third-order valence-corrected chi connectivity index (χ3v) is 13.0. The van der Waals surface area contributed by atoms with Crippen molar-refractivity contribution >= 4 is 39.4 Å². The number of hydrogen-bond donors (Lipinski definition) is 4. The zero-order valence-electron chi connectivity index (χ0n) is 28.4. The van der Waals surface area contributed by atoms with Crippen molar-refractivity contribution in [1.82, 2.24) is 20.9 Å². The minimum atomic E-state index is -3.70. The molecule has 2 unspecified atom stereocenters. The third kappa shape index (κ3) is 7.87. The van der Waals surface area contributed by atoms with Crippen LogP contribution in [-0.2, 0) is 29.0 Å². The molecule has 1 aliphatic heterocycles. The van der Waals surface area contributed by atoms with Crippen LogP contribution in [0.25, 0.3) is 0 Å².